The molecule has 0 aliphatic heterocycles. The summed E-state index contributed by atoms with van der Waals surface area (Å²) in [6, 6.07) is 0. The summed E-state index contributed by atoms with van der Waals surface area (Å²) in [5.74, 6) is 0. The van der Waals surface area contributed by atoms with Crippen molar-refractivity contribution in [3.8, 4) is 0 Å². The Morgan fingerprint density at radius 1 is 0.846 bits per heavy atom. The van der Waals surface area contributed by atoms with E-state index in [2.05, 4.69) is 25.7 Å². The fourth-order valence-corrected chi connectivity index (χ4v) is 1.51. The first kappa shape index (κ1) is 16.0. The molecule has 0 amide bonds. The van der Waals surface area contributed by atoms with Crippen LogP contribution in [0.5, 0.6) is 0 Å². The Bertz CT molecular complexity index is 91.4. The molecule has 0 N–H and O–H groups in total. The second-order valence-electron chi connectivity index (χ2n) is 3.49. The number of rotatable bonds is 8. The molecular weight excluding hydrogens is 153 g/mol. The predicted molar refractivity (Wildman–Crippen MR) is 57.7 cm³/mol. The molecule has 0 unspecified atom stereocenters. The maximum atomic E-state index is 2.55. The van der Waals surface area contributed by atoms with Gasteiger partial charge in [0, 0.05) is 0 Å². The van der Waals surface area contributed by atoms with Crippen LogP contribution in [0.25, 0.3) is 0 Å². The van der Waals surface area contributed by atoms with Crippen molar-refractivity contribution in [2.75, 3.05) is 19.6 Å². The van der Waals surface area contributed by atoms with Gasteiger partial charge in [-0.15, -0.1) is 0 Å². The van der Waals surface area contributed by atoms with Gasteiger partial charge < -0.3 is 6.33 Å². The Morgan fingerprint density at radius 2 is 1.54 bits per heavy atom. The minimum absolute atomic E-state index is 0. The van der Waals surface area contributed by atoms with Gasteiger partial charge in [-0.25, -0.2) is 0 Å². The van der Waals surface area contributed by atoms with E-state index in [1.54, 1.807) is 0 Å². The molecule has 0 spiro atoms. The molecule has 0 saturated carbocycles. The summed E-state index contributed by atoms with van der Waals surface area (Å²) in [5.41, 5.74) is 0. The molecule has 13 heavy (non-hydrogen) atoms. The zero-order valence-electron chi connectivity index (χ0n) is 11.1. The van der Waals surface area contributed by atoms with Crippen LogP contribution in [0.15, 0.2) is 0 Å². The van der Waals surface area contributed by atoms with Crippen LogP contribution in [0.4, 0.5) is 0 Å². The number of hydrogen-bond donors (Lipinski definition) is 0. The quantitative estimate of drug-likeness (QED) is 0.385. The first-order chi connectivity index (χ1) is 5.85. The average molecular weight is 179 g/mol. The van der Waals surface area contributed by atoms with Gasteiger partial charge in [-0.3, -0.25) is 0 Å². The van der Waals surface area contributed by atoms with Crippen molar-refractivity contribution in [2.45, 2.75) is 52.9 Å². The molecule has 0 aliphatic carbocycles. The largest absolute Gasteiger partial charge is 1.00 e. The first-order valence-electron chi connectivity index (χ1n) is 5.57. The normalized spacial score (nSPS) is 10.2. The smallest absolute Gasteiger partial charge is 1.00 e. The molecule has 0 aromatic carbocycles. The van der Waals surface area contributed by atoms with E-state index in [4.69, 9.17) is 0 Å². The maximum absolute atomic E-state index is 2.55. The third-order valence-corrected chi connectivity index (χ3v) is 2.31. The Balaban J connectivity index is -0.000000605. The van der Waals surface area contributed by atoms with Crippen molar-refractivity contribution in [2.24, 2.45) is 0 Å². The molecule has 0 atom stereocenters. The van der Waals surface area contributed by atoms with Gasteiger partial charge in [0.15, 0.2) is 0 Å². The van der Waals surface area contributed by atoms with E-state index in [1.165, 1.54) is 51.7 Å². The molecular formula is C11H26LiN. The Hall–Kier alpha value is 0.557. The topological polar surface area (TPSA) is 3.24 Å². The van der Waals surface area contributed by atoms with Crippen molar-refractivity contribution >= 4 is 0 Å². The summed E-state index contributed by atoms with van der Waals surface area (Å²) >= 11 is 0. The van der Waals surface area contributed by atoms with E-state index in [0.29, 0.717) is 0 Å². The van der Waals surface area contributed by atoms with Crippen molar-refractivity contribution in [3.63, 3.8) is 0 Å². The Labute approximate surface area is 97.9 Å². The molecule has 76 valence electrons. The second kappa shape index (κ2) is 12.6. The molecule has 0 aliphatic rings. The molecule has 0 aromatic heterocycles. The maximum Gasteiger partial charge on any atom is 1.00 e. The number of hydrogen-bond acceptors (Lipinski definition) is 1. The van der Waals surface area contributed by atoms with Crippen LogP contribution in [0, 0.1) is 0 Å². The van der Waals surface area contributed by atoms with Crippen molar-refractivity contribution in [3.05, 3.63) is 0 Å². The van der Waals surface area contributed by atoms with Crippen LogP contribution in [0.2, 0.25) is 0 Å². The summed E-state index contributed by atoms with van der Waals surface area (Å²) in [6.07, 6.45) is 6.85. The van der Waals surface area contributed by atoms with E-state index in [0.717, 1.165) is 0 Å². The van der Waals surface area contributed by atoms with E-state index in [1.807, 2.05) is 0 Å². The number of nitrogens with zero attached hydrogens (tertiary/aromatic N) is 1. The molecule has 0 heterocycles. The number of unbranched alkanes of at least 4 members (excludes halogenated alkanes) is 3. The van der Waals surface area contributed by atoms with E-state index in [-0.39, 0.29) is 20.3 Å². The molecule has 0 aromatic rings. The minimum Gasteiger partial charge on any atom is -1.00 e. The van der Waals surface area contributed by atoms with E-state index >= 15 is 0 Å². The third-order valence-electron chi connectivity index (χ3n) is 2.31. The van der Waals surface area contributed by atoms with Crippen LogP contribution in [-0.4, -0.2) is 24.5 Å². The predicted octanol–water partition coefficient (Wildman–Crippen LogP) is 0.415. The molecule has 2 heteroatoms. The zero-order valence-corrected chi connectivity index (χ0v) is 10.1. The van der Waals surface area contributed by atoms with E-state index < -0.39 is 0 Å². The molecule has 0 fully saturated rings. The van der Waals surface area contributed by atoms with Gasteiger partial charge in [-0.1, -0.05) is 40.0 Å². The summed E-state index contributed by atoms with van der Waals surface area (Å²) in [5, 5.41) is 0. The minimum atomic E-state index is 0. The van der Waals surface area contributed by atoms with Gasteiger partial charge in [0.25, 0.3) is 0 Å². The van der Waals surface area contributed by atoms with Crippen LogP contribution in [-0.2, 0) is 0 Å². The van der Waals surface area contributed by atoms with Crippen LogP contribution in [0.1, 0.15) is 54.3 Å². The van der Waals surface area contributed by atoms with Gasteiger partial charge in [-0.2, -0.15) is 0 Å². The summed E-state index contributed by atoms with van der Waals surface area (Å²) < 4.78 is 0. The molecule has 1 nitrogen and oxygen atoms in total. The SMILES string of the molecule is CCCCCCN(CC)CCC.[H-].[Li+]. The molecule has 0 saturated heterocycles. The van der Waals surface area contributed by atoms with E-state index in [9.17, 15) is 0 Å². The van der Waals surface area contributed by atoms with Gasteiger partial charge in [0.2, 0.25) is 0 Å². The summed E-state index contributed by atoms with van der Waals surface area (Å²) in [4.78, 5) is 2.55. The standard InChI is InChI=1S/C11H25N.Li.H/c1-4-7-8-9-11-12(6-3)10-5-2;;/h4-11H2,1-3H3;;/q;+1;-1. The zero-order chi connectivity index (χ0) is 9.23. The second-order valence-corrected chi connectivity index (χ2v) is 3.49. The molecule has 0 radical (unpaired) electrons. The van der Waals surface area contributed by atoms with Gasteiger partial charge in [-0.05, 0) is 32.5 Å². The summed E-state index contributed by atoms with van der Waals surface area (Å²) in [6.45, 7) is 10.6. The third kappa shape index (κ3) is 10.5. The van der Waals surface area contributed by atoms with Crippen LogP contribution >= 0.6 is 0 Å². The average Bonchev–Trinajstić information content (AvgIpc) is 2.10. The van der Waals surface area contributed by atoms with Crippen LogP contribution in [0.3, 0.4) is 0 Å². The fourth-order valence-electron chi connectivity index (χ4n) is 1.51. The fraction of sp³-hybridized carbons (Fsp3) is 1.00. The van der Waals surface area contributed by atoms with Crippen LogP contribution < -0.4 is 18.9 Å². The van der Waals surface area contributed by atoms with Crippen molar-refractivity contribution in [1.29, 1.82) is 0 Å². The van der Waals surface area contributed by atoms with Gasteiger partial charge in [0.05, 0.1) is 0 Å². The Kier molecular flexibility index (Phi) is 15.5. The van der Waals surface area contributed by atoms with Crippen molar-refractivity contribution in [1.82, 2.24) is 4.90 Å². The molecule has 0 rings (SSSR count). The van der Waals surface area contributed by atoms with Gasteiger partial charge >= 0.3 is 18.9 Å². The molecule has 0 bridgehead atoms. The van der Waals surface area contributed by atoms with Crippen molar-refractivity contribution < 1.29 is 20.3 Å². The summed E-state index contributed by atoms with van der Waals surface area (Å²) in [7, 11) is 0. The Morgan fingerprint density at radius 3 is 2.00 bits per heavy atom. The monoisotopic (exact) mass is 179 g/mol. The first-order valence-corrected chi connectivity index (χ1v) is 5.57. The van der Waals surface area contributed by atoms with Gasteiger partial charge in [0.1, 0.15) is 0 Å².